The molecule has 1 heterocycles. The van der Waals surface area contributed by atoms with Gasteiger partial charge in [0.2, 0.25) is 0 Å². The predicted octanol–water partition coefficient (Wildman–Crippen LogP) is 4.65. The van der Waals surface area contributed by atoms with Gasteiger partial charge in [-0.25, -0.2) is 4.98 Å². The molecule has 0 saturated heterocycles. The highest BCUT2D eigenvalue weighted by Crippen LogP contribution is 2.27. The molecule has 0 spiro atoms. The number of benzene rings is 2. The Labute approximate surface area is 170 Å². The Hall–Kier alpha value is -2.97. The molecule has 0 unspecified atom stereocenters. The minimum atomic E-state index is -0.497. The molecule has 3 aromatic rings. The summed E-state index contributed by atoms with van der Waals surface area (Å²) in [7, 11) is 3.20. The summed E-state index contributed by atoms with van der Waals surface area (Å²) in [5.41, 5.74) is 1.61. The summed E-state index contributed by atoms with van der Waals surface area (Å²) in [5.74, 6) is 0.448. The topological polar surface area (TPSA) is 85.6 Å². The lowest BCUT2D eigenvalue weighted by Crippen LogP contribution is -2.26. The molecule has 1 aromatic heterocycles. The molecule has 0 aliphatic rings. The number of nitro benzene ring substituents is 1. The first-order chi connectivity index (χ1) is 13.4. The molecule has 0 N–H and O–H groups in total. The zero-order chi connectivity index (χ0) is 20.3. The van der Waals surface area contributed by atoms with Gasteiger partial charge in [-0.3, -0.25) is 14.9 Å². The van der Waals surface area contributed by atoms with E-state index in [1.165, 1.54) is 34.4 Å². The number of hydrogen-bond donors (Lipinski definition) is 0. The average Bonchev–Trinajstić information content (AvgIpc) is 3.19. The fraction of sp³-hybridized carbons (Fsp3) is 0.158. The molecule has 0 radical (unpaired) electrons. The highest BCUT2D eigenvalue weighted by atomic mass is 35.5. The number of thiazole rings is 1. The van der Waals surface area contributed by atoms with Crippen LogP contribution in [-0.4, -0.2) is 34.9 Å². The third-order valence-corrected chi connectivity index (χ3v) is 5.31. The molecule has 0 atom stereocenters. The number of ether oxygens (including phenoxy) is 1. The molecule has 0 aliphatic heterocycles. The number of nitrogens with zero attached hydrogens (tertiary/aromatic N) is 3. The van der Waals surface area contributed by atoms with Crippen LogP contribution in [0.4, 0.5) is 5.69 Å². The summed E-state index contributed by atoms with van der Waals surface area (Å²) in [6, 6.07) is 11.6. The highest BCUT2D eigenvalue weighted by Gasteiger charge is 2.19. The van der Waals surface area contributed by atoms with Crippen LogP contribution >= 0.6 is 22.9 Å². The van der Waals surface area contributed by atoms with Crippen molar-refractivity contribution in [1.29, 1.82) is 0 Å². The van der Waals surface area contributed by atoms with Gasteiger partial charge < -0.3 is 9.64 Å². The summed E-state index contributed by atoms with van der Waals surface area (Å²) in [5, 5.41) is 13.7. The monoisotopic (exact) mass is 417 g/mol. The Morgan fingerprint density at radius 1 is 1.29 bits per heavy atom. The maximum atomic E-state index is 12.7. The molecule has 7 nitrogen and oxygen atoms in total. The third-order valence-electron chi connectivity index (χ3n) is 4.05. The predicted molar refractivity (Wildman–Crippen MR) is 108 cm³/mol. The van der Waals surface area contributed by atoms with E-state index in [0.717, 1.165) is 11.3 Å². The van der Waals surface area contributed by atoms with Gasteiger partial charge in [-0.1, -0.05) is 11.6 Å². The van der Waals surface area contributed by atoms with Crippen LogP contribution in [0, 0.1) is 10.1 Å². The maximum Gasteiger partial charge on any atom is 0.273 e. The lowest BCUT2D eigenvalue weighted by molar-refractivity contribution is -0.384. The molecule has 2 aromatic carbocycles. The standard InChI is InChI=1S/C19H16ClN3O4S/c1-22(10-13-9-14(23(25)26)5-8-16(13)20)19(24)17-11-28-18(21-17)12-3-6-15(27-2)7-4-12/h3-9,11H,10H2,1-2H3. The van der Waals surface area contributed by atoms with Crippen LogP contribution in [0.1, 0.15) is 16.1 Å². The number of non-ortho nitro benzene ring substituents is 1. The van der Waals surface area contributed by atoms with E-state index < -0.39 is 4.92 Å². The quantitative estimate of drug-likeness (QED) is 0.430. The summed E-state index contributed by atoms with van der Waals surface area (Å²) < 4.78 is 5.14. The minimum absolute atomic E-state index is 0.0734. The van der Waals surface area contributed by atoms with Gasteiger partial charge in [-0.05, 0) is 35.9 Å². The number of nitro groups is 1. The fourth-order valence-electron chi connectivity index (χ4n) is 2.56. The van der Waals surface area contributed by atoms with Crippen molar-refractivity contribution < 1.29 is 14.5 Å². The Morgan fingerprint density at radius 2 is 2.00 bits per heavy atom. The third kappa shape index (κ3) is 4.29. The van der Waals surface area contributed by atoms with E-state index in [9.17, 15) is 14.9 Å². The molecule has 0 bridgehead atoms. The Balaban J connectivity index is 1.76. The van der Waals surface area contributed by atoms with Crippen LogP contribution in [0.2, 0.25) is 5.02 Å². The van der Waals surface area contributed by atoms with Gasteiger partial charge in [0, 0.05) is 41.7 Å². The Bertz CT molecular complexity index is 1020. The normalized spacial score (nSPS) is 10.5. The van der Waals surface area contributed by atoms with Crippen LogP contribution in [0.5, 0.6) is 5.75 Å². The second kappa shape index (κ2) is 8.37. The molecule has 1 amide bonds. The van der Waals surface area contributed by atoms with Crippen LogP contribution in [0.3, 0.4) is 0 Å². The number of hydrogen-bond acceptors (Lipinski definition) is 6. The number of aromatic nitrogens is 1. The first-order valence-electron chi connectivity index (χ1n) is 8.17. The van der Waals surface area contributed by atoms with Crippen molar-refractivity contribution in [2.75, 3.05) is 14.2 Å². The number of halogens is 1. The van der Waals surface area contributed by atoms with Crippen LogP contribution in [-0.2, 0) is 6.54 Å². The van der Waals surface area contributed by atoms with Gasteiger partial charge >= 0.3 is 0 Å². The van der Waals surface area contributed by atoms with Crippen LogP contribution < -0.4 is 4.74 Å². The number of carbonyl (C=O) groups excluding carboxylic acids is 1. The van der Waals surface area contributed by atoms with Crippen molar-refractivity contribution in [3.8, 4) is 16.3 Å². The maximum absolute atomic E-state index is 12.7. The van der Waals surface area contributed by atoms with Crippen molar-refractivity contribution in [2.24, 2.45) is 0 Å². The number of methoxy groups -OCH3 is 1. The molecule has 28 heavy (non-hydrogen) atoms. The molecule has 0 saturated carbocycles. The number of carbonyl (C=O) groups is 1. The van der Waals surface area contributed by atoms with E-state index in [2.05, 4.69) is 4.98 Å². The van der Waals surface area contributed by atoms with Crippen molar-refractivity contribution in [2.45, 2.75) is 6.54 Å². The van der Waals surface area contributed by atoms with Gasteiger partial charge in [-0.15, -0.1) is 11.3 Å². The molecule has 144 valence electrons. The molecule has 3 rings (SSSR count). The Morgan fingerprint density at radius 3 is 2.64 bits per heavy atom. The summed E-state index contributed by atoms with van der Waals surface area (Å²) in [6.07, 6.45) is 0. The first kappa shape index (κ1) is 19.8. The second-order valence-electron chi connectivity index (χ2n) is 5.96. The molecular weight excluding hydrogens is 402 g/mol. The molecular formula is C19H16ClN3O4S. The minimum Gasteiger partial charge on any atom is -0.497 e. The molecule has 0 fully saturated rings. The van der Waals surface area contributed by atoms with Gasteiger partial charge in [0.25, 0.3) is 11.6 Å². The SMILES string of the molecule is COc1ccc(-c2nc(C(=O)N(C)Cc3cc([N+](=O)[O-])ccc3Cl)cs2)cc1. The van der Waals surface area contributed by atoms with Gasteiger partial charge in [0.05, 0.1) is 12.0 Å². The lowest BCUT2D eigenvalue weighted by Gasteiger charge is -2.16. The summed E-state index contributed by atoms with van der Waals surface area (Å²) in [4.78, 5) is 29.0. The van der Waals surface area contributed by atoms with E-state index in [4.69, 9.17) is 16.3 Å². The fourth-order valence-corrected chi connectivity index (χ4v) is 3.53. The second-order valence-corrected chi connectivity index (χ2v) is 7.23. The van der Waals surface area contributed by atoms with Gasteiger partial charge in [0.1, 0.15) is 16.5 Å². The van der Waals surface area contributed by atoms with E-state index in [1.807, 2.05) is 24.3 Å². The molecule has 0 aliphatic carbocycles. The van der Waals surface area contributed by atoms with Gasteiger partial charge in [0.15, 0.2) is 0 Å². The molecule has 9 heteroatoms. The smallest absolute Gasteiger partial charge is 0.273 e. The zero-order valence-corrected chi connectivity index (χ0v) is 16.7. The average molecular weight is 418 g/mol. The number of rotatable bonds is 6. The van der Waals surface area contributed by atoms with E-state index >= 15 is 0 Å². The lowest BCUT2D eigenvalue weighted by atomic mass is 10.2. The van der Waals surface area contributed by atoms with Crippen LogP contribution in [0.25, 0.3) is 10.6 Å². The van der Waals surface area contributed by atoms with Crippen molar-refractivity contribution >= 4 is 34.5 Å². The largest absolute Gasteiger partial charge is 0.497 e. The number of amides is 1. The Kier molecular flexibility index (Phi) is 5.91. The van der Waals surface area contributed by atoms with E-state index in [-0.39, 0.29) is 18.1 Å². The summed E-state index contributed by atoms with van der Waals surface area (Å²) >= 11 is 7.48. The van der Waals surface area contributed by atoms with Crippen molar-refractivity contribution in [1.82, 2.24) is 9.88 Å². The van der Waals surface area contributed by atoms with Crippen LogP contribution in [0.15, 0.2) is 47.8 Å². The van der Waals surface area contributed by atoms with Crippen molar-refractivity contribution in [3.05, 3.63) is 74.2 Å². The zero-order valence-electron chi connectivity index (χ0n) is 15.1. The van der Waals surface area contributed by atoms with Crippen molar-refractivity contribution in [3.63, 3.8) is 0 Å². The van der Waals surface area contributed by atoms with E-state index in [0.29, 0.717) is 21.3 Å². The van der Waals surface area contributed by atoms with E-state index in [1.54, 1.807) is 19.5 Å². The first-order valence-corrected chi connectivity index (χ1v) is 9.43. The highest BCUT2D eigenvalue weighted by molar-refractivity contribution is 7.13. The summed E-state index contributed by atoms with van der Waals surface area (Å²) in [6.45, 7) is 0.134. The van der Waals surface area contributed by atoms with Gasteiger partial charge in [-0.2, -0.15) is 0 Å².